The molecule has 1 atom stereocenters. The number of carbonyl (C=O) groups is 1. The lowest BCUT2D eigenvalue weighted by Gasteiger charge is -2.32. The highest BCUT2D eigenvalue weighted by atomic mass is 35.5. The number of nitrogens with zero attached hydrogens (tertiary/aromatic N) is 1. The first kappa shape index (κ1) is 19.1. The van der Waals surface area contributed by atoms with Crippen LogP contribution in [0.3, 0.4) is 0 Å². The molecule has 1 aliphatic rings. The largest absolute Gasteiger partial charge is 0.469 e. The van der Waals surface area contributed by atoms with Crippen molar-refractivity contribution in [1.82, 2.24) is 4.98 Å². The molecule has 138 valence electrons. The van der Waals surface area contributed by atoms with Gasteiger partial charge in [-0.2, -0.15) is 0 Å². The van der Waals surface area contributed by atoms with Crippen LogP contribution in [-0.4, -0.2) is 36.4 Å². The molecule has 5 nitrogen and oxygen atoms in total. The molecule has 3 rings (SSSR count). The predicted molar refractivity (Wildman–Crippen MR) is 102 cm³/mol. The zero-order chi connectivity index (χ0) is 19.1. The highest BCUT2D eigenvalue weighted by Crippen LogP contribution is 2.43. The van der Waals surface area contributed by atoms with Crippen molar-refractivity contribution in [1.29, 1.82) is 0 Å². The van der Waals surface area contributed by atoms with Crippen LogP contribution >= 0.6 is 11.6 Å². The number of hydrogen-bond donors (Lipinski definition) is 0. The van der Waals surface area contributed by atoms with Crippen molar-refractivity contribution in [3.05, 3.63) is 41.0 Å². The molecule has 0 amide bonds. The minimum absolute atomic E-state index is 0.0903. The second-order valence-corrected chi connectivity index (χ2v) is 7.93. The third-order valence-electron chi connectivity index (χ3n) is 5.32. The first-order valence-electron chi connectivity index (χ1n) is 8.62. The Hall–Kier alpha value is -1.63. The van der Waals surface area contributed by atoms with Crippen molar-refractivity contribution >= 4 is 35.6 Å². The molecule has 0 bridgehead atoms. The number of benzene rings is 1. The van der Waals surface area contributed by atoms with E-state index < -0.39 is 24.1 Å². The second-order valence-electron chi connectivity index (χ2n) is 7.57. The fraction of sp³-hybridized carbons (Fsp3) is 0.474. The van der Waals surface area contributed by atoms with Gasteiger partial charge in [-0.25, -0.2) is 4.98 Å². The molecule has 1 unspecified atom stereocenters. The molecule has 0 spiro atoms. The van der Waals surface area contributed by atoms with Crippen LogP contribution in [0.1, 0.15) is 45.5 Å². The van der Waals surface area contributed by atoms with E-state index in [1.54, 1.807) is 0 Å². The molecule has 1 fully saturated rings. The molecular formula is C19H23BClNO4. The van der Waals surface area contributed by atoms with Crippen LogP contribution < -0.4 is 0 Å². The van der Waals surface area contributed by atoms with Crippen LogP contribution in [-0.2, 0) is 18.8 Å². The minimum Gasteiger partial charge on any atom is -0.469 e. The van der Waals surface area contributed by atoms with Crippen molar-refractivity contribution in [3.8, 4) is 0 Å². The quantitative estimate of drug-likeness (QED) is 0.456. The Bertz CT molecular complexity index is 823. The zero-order valence-electron chi connectivity index (χ0n) is 15.7. The molecule has 0 N–H and O–H groups in total. The van der Waals surface area contributed by atoms with Crippen molar-refractivity contribution in [2.75, 3.05) is 7.11 Å². The molecule has 7 heteroatoms. The summed E-state index contributed by atoms with van der Waals surface area (Å²) >= 11 is 6.47. The van der Waals surface area contributed by atoms with E-state index in [1.165, 1.54) is 7.11 Å². The standard InChI is InChI=1S/C19H23BClNO4/c1-18(2)19(3,4)26-20(25-18)14(11-16(23)24-5)13-10-12-8-6-7-9-15(12)22-17(13)21/h6-10,14H,11H2,1-5H3. The Kier molecular flexibility index (Phi) is 5.03. The van der Waals surface area contributed by atoms with Gasteiger partial charge < -0.3 is 14.0 Å². The first-order chi connectivity index (χ1) is 12.1. The highest BCUT2D eigenvalue weighted by molar-refractivity contribution is 6.48. The topological polar surface area (TPSA) is 57.7 Å². The summed E-state index contributed by atoms with van der Waals surface area (Å²) in [6.45, 7) is 7.90. The molecule has 0 radical (unpaired) electrons. The fourth-order valence-corrected chi connectivity index (χ4v) is 3.32. The molecular weight excluding hydrogens is 352 g/mol. The first-order valence-corrected chi connectivity index (χ1v) is 9.00. The van der Waals surface area contributed by atoms with E-state index in [1.807, 2.05) is 58.0 Å². The van der Waals surface area contributed by atoms with Gasteiger partial charge >= 0.3 is 13.1 Å². The number of para-hydroxylation sites is 1. The lowest BCUT2D eigenvalue weighted by Crippen LogP contribution is -2.41. The number of pyridine rings is 1. The summed E-state index contributed by atoms with van der Waals surface area (Å²) in [5, 5.41) is 1.28. The summed E-state index contributed by atoms with van der Waals surface area (Å²) < 4.78 is 17.2. The molecule has 1 aromatic heterocycles. The number of carbonyl (C=O) groups excluding carboxylic acids is 1. The van der Waals surface area contributed by atoms with Gasteiger partial charge in [0.15, 0.2) is 0 Å². The lowest BCUT2D eigenvalue weighted by atomic mass is 9.66. The van der Waals surface area contributed by atoms with Crippen LogP contribution in [0, 0.1) is 0 Å². The molecule has 2 aromatic rings. The van der Waals surface area contributed by atoms with E-state index >= 15 is 0 Å². The molecule has 1 aliphatic heterocycles. The average molecular weight is 376 g/mol. The van der Waals surface area contributed by atoms with Crippen LogP contribution in [0.25, 0.3) is 10.9 Å². The van der Waals surface area contributed by atoms with Gasteiger partial charge in [-0.15, -0.1) is 0 Å². The number of fused-ring (bicyclic) bond motifs is 1. The van der Waals surface area contributed by atoms with Crippen molar-refractivity contribution in [2.24, 2.45) is 0 Å². The van der Waals surface area contributed by atoms with Crippen molar-refractivity contribution in [3.63, 3.8) is 0 Å². The third-order valence-corrected chi connectivity index (χ3v) is 5.62. The molecule has 26 heavy (non-hydrogen) atoms. The van der Waals surface area contributed by atoms with E-state index in [0.29, 0.717) is 10.7 Å². The zero-order valence-corrected chi connectivity index (χ0v) is 16.5. The summed E-state index contributed by atoms with van der Waals surface area (Å²) in [6.07, 6.45) is 0.0903. The monoisotopic (exact) mass is 375 g/mol. The normalized spacial score (nSPS) is 19.5. The molecule has 2 heterocycles. The number of methoxy groups -OCH3 is 1. The summed E-state index contributed by atoms with van der Waals surface area (Å²) in [5.41, 5.74) is 0.493. The van der Waals surface area contributed by atoms with Crippen LogP contribution in [0.5, 0.6) is 0 Å². The summed E-state index contributed by atoms with van der Waals surface area (Å²) in [4.78, 5) is 16.5. The van der Waals surface area contributed by atoms with Gasteiger partial charge in [-0.3, -0.25) is 4.79 Å². The van der Waals surface area contributed by atoms with Crippen LogP contribution in [0.15, 0.2) is 30.3 Å². The van der Waals surface area contributed by atoms with Gasteiger partial charge in [0.2, 0.25) is 0 Å². The molecule has 0 saturated carbocycles. The van der Waals surface area contributed by atoms with Gasteiger partial charge in [0, 0.05) is 11.2 Å². The Balaban J connectivity index is 2.05. The molecule has 0 aliphatic carbocycles. The number of aromatic nitrogens is 1. The Morgan fingerprint density at radius 1 is 1.23 bits per heavy atom. The summed E-state index contributed by atoms with van der Waals surface area (Å²) in [7, 11) is 0.740. The SMILES string of the molecule is COC(=O)CC(B1OC(C)(C)C(C)(C)O1)c1cc2ccccc2nc1Cl. The third kappa shape index (κ3) is 3.46. The minimum atomic E-state index is -0.625. The Morgan fingerprint density at radius 2 is 1.85 bits per heavy atom. The van der Waals surface area contributed by atoms with Crippen LogP contribution in [0.4, 0.5) is 0 Å². The second kappa shape index (κ2) is 6.84. The Labute approximate surface area is 159 Å². The van der Waals surface area contributed by atoms with Gasteiger partial charge in [-0.05, 0) is 45.4 Å². The number of hydrogen-bond acceptors (Lipinski definition) is 5. The van der Waals surface area contributed by atoms with Gasteiger partial charge in [0.1, 0.15) is 5.15 Å². The predicted octanol–water partition coefficient (Wildman–Crippen LogP) is 4.17. The Morgan fingerprint density at radius 3 is 2.46 bits per heavy atom. The van der Waals surface area contributed by atoms with E-state index in [-0.39, 0.29) is 12.4 Å². The lowest BCUT2D eigenvalue weighted by molar-refractivity contribution is -0.140. The van der Waals surface area contributed by atoms with Crippen molar-refractivity contribution in [2.45, 2.75) is 51.1 Å². The van der Waals surface area contributed by atoms with E-state index in [4.69, 9.17) is 25.6 Å². The molecule has 1 saturated heterocycles. The number of ether oxygens (including phenoxy) is 1. The maximum Gasteiger partial charge on any atom is 0.466 e. The van der Waals surface area contributed by atoms with E-state index in [2.05, 4.69) is 4.98 Å². The number of esters is 1. The highest BCUT2D eigenvalue weighted by Gasteiger charge is 2.54. The average Bonchev–Trinajstić information content (AvgIpc) is 2.79. The maximum atomic E-state index is 12.1. The fourth-order valence-electron chi connectivity index (χ4n) is 3.04. The maximum absolute atomic E-state index is 12.1. The van der Waals surface area contributed by atoms with Gasteiger partial charge in [-0.1, -0.05) is 29.8 Å². The molecule has 1 aromatic carbocycles. The smallest absolute Gasteiger partial charge is 0.466 e. The summed E-state index contributed by atoms with van der Waals surface area (Å²) in [5.74, 6) is -0.776. The van der Waals surface area contributed by atoms with E-state index in [9.17, 15) is 4.79 Å². The summed E-state index contributed by atoms with van der Waals surface area (Å²) in [6, 6.07) is 9.65. The van der Waals surface area contributed by atoms with Gasteiger partial charge in [0.05, 0.1) is 30.2 Å². The van der Waals surface area contributed by atoms with Crippen LogP contribution in [0.2, 0.25) is 5.15 Å². The number of rotatable bonds is 4. The van der Waals surface area contributed by atoms with E-state index in [0.717, 1.165) is 10.9 Å². The van der Waals surface area contributed by atoms with Gasteiger partial charge in [0.25, 0.3) is 0 Å². The number of halogens is 1. The van der Waals surface area contributed by atoms with Crippen molar-refractivity contribution < 1.29 is 18.8 Å².